The molecule has 2 aromatic rings. The number of fused-ring (bicyclic) bond motifs is 3. The molecule has 1 aliphatic rings. The minimum atomic E-state index is 0.808. The molecule has 0 bridgehead atoms. The van der Waals surface area contributed by atoms with Crippen molar-refractivity contribution >= 4 is 23.3 Å². The highest BCUT2D eigenvalue weighted by Gasteiger charge is 2.15. The SMILES string of the molecule is N=C/C=C\Cc1cccc2c3c(oc12)CCC=C3. The fourth-order valence-corrected chi connectivity index (χ4v) is 2.45. The van der Waals surface area contributed by atoms with E-state index in [1.807, 2.05) is 6.08 Å². The van der Waals surface area contributed by atoms with Crippen LogP contribution >= 0.6 is 0 Å². The third kappa shape index (κ3) is 1.80. The van der Waals surface area contributed by atoms with Crippen LogP contribution in [0.2, 0.25) is 0 Å². The van der Waals surface area contributed by atoms with Crippen LogP contribution in [0, 0.1) is 5.41 Å². The number of hydrogen-bond acceptors (Lipinski definition) is 2. The molecule has 1 N–H and O–H groups in total. The van der Waals surface area contributed by atoms with Crippen LogP contribution in [0.5, 0.6) is 0 Å². The van der Waals surface area contributed by atoms with Crippen LogP contribution in [0.15, 0.2) is 40.8 Å². The van der Waals surface area contributed by atoms with Crippen LogP contribution in [-0.4, -0.2) is 6.21 Å². The van der Waals surface area contributed by atoms with Gasteiger partial charge in [0.15, 0.2) is 0 Å². The molecule has 90 valence electrons. The maximum atomic E-state index is 6.99. The Morgan fingerprint density at radius 1 is 1.33 bits per heavy atom. The normalized spacial score (nSPS) is 14.2. The van der Waals surface area contributed by atoms with Gasteiger partial charge in [0.2, 0.25) is 0 Å². The number of allylic oxidation sites excluding steroid dienone is 3. The van der Waals surface area contributed by atoms with Gasteiger partial charge >= 0.3 is 0 Å². The summed E-state index contributed by atoms with van der Waals surface area (Å²) in [4.78, 5) is 0. The van der Waals surface area contributed by atoms with Crippen molar-refractivity contribution in [2.75, 3.05) is 0 Å². The van der Waals surface area contributed by atoms with Gasteiger partial charge in [-0.2, -0.15) is 0 Å². The zero-order valence-corrected chi connectivity index (χ0v) is 10.1. The molecule has 0 saturated heterocycles. The van der Waals surface area contributed by atoms with E-state index >= 15 is 0 Å². The highest BCUT2D eigenvalue weighted by Crippen LogP contribution is 2.32. The van der Waals surface area contributed by atoms with Gasteiger partial charge in [0.05, 0.1) is 0 Å². The lowest BCUT2D eigenvalue weighted by Gasteiger charge is -2.01. The average molecular weight is 237 g/mol. The summed E-state index contributed by atoms with van der Waals surface area (Å²) in [6.45, 7) is 0. The first kappa shape index (κ1) is 11.0. The van der Waals surface area contributed by atoms with Gasteiger partial charge in [-0.15, -0.1) is 0 Å². The van der Waals surface area contributed by atoms with E-state index in [-0.39, 0.29) is 0 Å². The van der Waals surface area contributed by atoms with Crippen molar-refractivity contribution in [2.24, 2.45) is 0 Å². The molecule has 0 radical (unpaired) electrons. The fourth-order valence-electron chi connectivity index (χ4n) is 2.45. The zero-order chi connectivity index (χ0) is 12.4. The molecule has 1 aliphatic carbocycles. The summed E-state index contributed by atoms with van der Waals surface area (Å²) in [5.74, 6) is 1.11. The highest BCUT2D eigenvalue weighted by molar-refractivity contribution is 5.91. The minimum absolute atomic E-state index is 0.808. The number of aryl methyl sites for hydroxylation is 1. The molecule has 2 heteroatoms. The van der Waals surface area contributed by atoms with Crippen molar-refractivity contribution in [2.45, 2.75) is 19.3 Å². The summed E-state index contributed by atoms with van der Waals surface area (Å²) in [6, 6.07) is 6.29. The predicted octanol–water partition coefficient (Wildman–Crippen LogP) is 4.14. The molecular formula is C16H15NO. The Bertz CT molecular complexity index is 646. The Morgan fingerprint density at radius 2 is 2.28 bits per heavy atom. The largest absolute Gasteiger partial charge is 0.460 e. The van der Waals surface area contributed by atoms with Gasteiger partial charge in [0.25, 0.3) is 0 Å². The second-order valence-corrected chi connectivity index (χ2v) is 4.47. The summed E-state index contributed by atoms with van der Waals surface area (Å²) < 4.78 is 6.01. The summed E-state index contributed by atoms with van der Waals surface area (Å²) in [6.07, 6.45) is 12.3. The molecule has 0 amide bonds. The first-order valence-electron chi connectivity index (χ1n) is 6.25. The molecule has 0 aliphatic heterocycles. The van der Waals surface area contributed by atoms with Gasteiger partial charge in [-0.25, -0.2) is 0 Å². The van der Waals surface area contributed by atoms with E-state index in [9.17, 15) is 0 Å². The van der Waals surface area contributed by atoms with Gasteiger partial charge in [0, 0.05) is 23.6 Å². The summed E-state index contributed by atoms with van der Waals surface area (Å²) in [7, 11) is 0. The lowest BCUT2D eigenvalue weighted by atomic mass is 10.0. The maximum Gasteiger partial charge on any atom is 0.138 e. The topological polar surface area (TPSA) is 37.0 Å². The van der Waals surface area contributed by atoms with Gasteiger partial charge in [0.1, 0.15) is 11.3 Å². The molecule has 1 aromatic carbocycles. The molecule has 3 rings (SSSR count). The summed E-state index contributed by atoms with van der Waals surface area (Å²) in [5, 5.41) is 8.20. The van der Waals surface area contributed by atoms with Crippen molar-refractivity contribution < 1.29 is 4.42 Å². The lowest BCUT2D eigenvalue weighted by Crippen LogP contribution is -1.87. The van der Waals surface area contributed by atoms with E-state index in [4.69, 9.17) is 9.83 Å². The fraction of sp³-hybridized carbons (Fsp3) is 0.188. The van der Waals surface area contributed by atoms with E-state index in [1.165, 1.54) is 22.7 Å². The third-order valence-corrected chi connectivity index (χ3v) is 3.31. The van der Waals surface area contributed by atoms with E-state index in [1.54, 1.807) is 6.08 Å². The molecule has 1 aromatic heterocycles. The van der Waals surface area contributed by atoms with Gasteiger partial charge in [-0.1, -0.05) is 36.4 Å². The first-order chi connectivity index (χ1) is 8.90. The average Bonchev–Trinajstić information content (AvgIpc) is 2.79. The van der Waals surface area contributed by atoms with Crippen molar-refractivity contribution in [1.82, 2.24) is 0 Å². The highest BCUT2D eigenvalue weighted by atomic mass is 16.3. The van der Waals surface area contributed by atoms with Crippen molar-refractivity contribution in [1.29, 1.82) is 5.41 Å². The first-order valence-corrected chi connectivity index (χ1v) is 6.25. The standard InChI is InChI=1S/C16H15NO/c17-11-4-3-6-12-7-5-9-14-13-8-1-2-10-15(13)18-16(12)14/h1,3-5,7-9,11,17H,2,6,10H2/b4-3-,17-11?. The molecule has 1 heterocycles. The Kier molecular flexibility index (Phi) is 2.85. The van der Waals surface area contributed by atoms with Crippen LogP contribution in [0.3, 0.4) is 0 Å². The number of nitrogens with one attached hydrogen (secondary N) is 1. The van der Waals surface area contributed by atoms with Gasteiger partial charge in [-0.3, -0.25) is 0 Å². The third-order valence-electron chi connectivity index (χ3n) is 3.31. The van der Waals surface area contributed by atoms with Crippen molar-refractivity contribution in [3.63, 3.8) is 0 Å². The van der Waals surface area contributed by atoms with E-state index in [0.717, 1.165) is 30.6 Å². The van der Waals surface area contributed by atoms with Crippen LogP contribution in [0.1, 0.15) is 23.3 Å². The maximum absolute atomic E-state index is 6.99. The monoisotopic (exact) mass is 237 g/mol. The smallest absolute Gasteiger partial charge is 0.138 e. The second-order valence-electron chi connectivity index (χ2n) is 4.47. The number of furan rings is 1. The number of hydrogen-bond donors (Lipinski definition) is 1. The molecule has 0 saturated carbocycles. The van der Waals surface area contributed by atoms with E-state index < -0.39 is 0 Å². The molecule has 0 unspecified atom stereocenters. The van der Waals surface area contributed by atoms with Crippen molar-refractivity contribution in [3.05, 3.63) is 53.3 Å². The molecule has 18 heavy (non-hydrogen) atoms. The zero-order valence-electron chi connectivity index (χ0n) is 10.1. The molecule has 2 nitrogen and oxygen atoms in total. The Hall–Kier alpha value is -2.09. The van der Waals surface area contributed by atoms with E-state index in [0.29, 0.717) is 0 Å². The lowest BCUT2D eigenvalue weighted by molar-refractivity contribution is 0.544. The number of para-hydroxylation sites is 1. The summed E-state index contributed by atoms with van der Waals surface area (Å²) >= 11 is 0. The van der Waals surface area contributed by atoms with Crippen LogP contribution in [0.4, 0.5) is 0 Å². The Balaban J connectivity index is 2.11. The molecular weight excluding hydrogens is 222 g/mol. The van der Waals surface area contributed by atoms with Crippen molar-refractivity contribution in [3.8, 4) is 0 Å². The second kappa shape index (κ2) is 4.65. The summed E-state index contributed by atoms with van der Waals surface area (Å²) in [5.41, 5.74) is 3.44. The Morgan fingerprint density at radius 3 is 3.17 bits per heavy atom. The van der Waals surface area contributed by atoms with Gasteiger partial charge in [-0.05, 0) is 24.5 Å². The minimum Gasteiger partial charge on any atom is -0.460 e. The Labute approximate surface area is 106 Å². The van der Waals surface area contributed by atoms with E-state index in [2.05, 4.69) is 30.4 Å². The number of rotatable bonds is 3. The van der Waals surface area contributed by atoms with Crippen LogP contribution in [-0.2, 0) is 12.8 Å². The quantitative estimate of drug-likeness (QED) is 0.800. The van der Waals surface area contributed by atoms with Crippen LogP contribution < -0.4 is 0 Å². The molecule has 0 atom stereocenters. The molecule has 0 spiro atoms. The number of benzene rings is 1. The van der Waals surface area contributed by atoms with Gasteiger partial charge < -0.3 is 9.83 Å². The van der Waals surface area contributed by atoms with Crippen LogP contribution in [0.25, 0.3) is 17.0 Å². The predicted molar refractivity (Wildman–Crippen MR) is 75.2 cm³/mol. The molecule has 0 fully saturated rings.